The molecular formula is C28H30O10. The lowest BCUT2D eigenvalue weighted by atomic mass is 9.46. The first-order valence-electron chi connectivity index (χ1n) is 13.8. The van der Waals surface area contributed by atoms with Crippen LogP contribution in [0, 0.1) is 34.5 Å². The number of fused-ring (bicyclic) bond motifs is 4. The van der Waals surface area contributed by atoms with Crippen LogP contribution in [0.1, 0.15) is 52.9 Å². The van der Waals surface area contributed by atoms with Crippen molar-refractivity contribution in [2.75, 3.05) is 6.61 Å². The first kappa shape index (κ1) is 22.7. The van der Waals surface area contributed by atoms with Crippen LogP contribution in [0.3, 0.4) is 0 Å². The summed E-state index contributed by atoms with van der Waals surface area (Å²) >= 11 is 0. The fourth-order valence-electron chi connectivity index (χ4n) is 10.9. The fourth-order valence-corrected chi connectivity index (χ4v) is 10.9. The first-order valence-corrected chi connectivity index (χ1v) is 13.8. The molecule has 38 heavy (non-hydrogen) atoms. The van der Waals surface area contributed by atoms with Crippen molar-refractivity contribution in [1.82, 2.24) is 0 Å². The highest BCUT2D eigenvalue weighted by Gasteiger charge is 2.94. The van der Waals surface area contributed by atoms with Gasteiger partial charge >= 0.3 is 11.9 Å². The van der Waals surface area contributed by atoms with Crippen molar-refractivity contribution in [3.05, 3.63) is 12.2 Å². The van der Waals surface area contributed by atoms with Crippen LogP contribution in [0.15, 0.2) is 12.2 Å². The van der Waals surface area contributed by atoms with Crippen LogP contribution in [-0.4, -0.2) is 75.6 Å². The molecule has 0 aromatic heterocycles. The van der Waals surface area contributed by atoms with Crippen LogP contribution in [0.2, 0.25) is 0 Å². The van der Waals surface area contributed by atoms with E-state index in [1.165, 1.54) is 0 Å². The maximum Gasteiger partial charge on any atom is 0.342 e. The highest BCUT2D eigenvalue weighted by Crippen LogP contribution is 2.77. The lowest BCUT2D eigenvalue weighted by Crippen LogP contribution is -2.79. The summed E-state index contributed by atoms with van der Waals surface area (Å²) in [6, 6.07) is 0. The average Bonchev–Trinajstić information content (AvgIpc) is 3.45. The SMILES string of the molecule is CC12OC(=O)C3(O)CCC4C(C[C@@H]5O[C@]56CC=CC(=O)[C@]46C)C45OC[C@H]6C(=O)O[C@H]1C[C@@]6(C)[C@H](C4=O)C32O5. The molecule has 9 aliphatic rings. The van der Waals surface area contributed by atoms with Crippen LogP contribution in [-0.2, 0) is 42.9 Å². The minimum Gasteiger partial charge on any atom is -0.458 e. The summed E-state index contributed by atoms with van der Waals surface area (Å²) in [5, 5.41) is 12.4. The predicted molar refractivity (Wildman–Crippen MR) is 122 cm³/mol. The number of Topliss-reactive ketones (excluding diaryl/α,β-unsaturated/α-hetero) is 1. The molecule has 6 unspecified atom stereocenters. The van der Waals surface area contributed by atoms with E-state index in [2.05, 4.69) is 0 Å². The van der Waals surface area contributed by atoms with Gasteiger partial charge in [0.15, 0.2) is 28.4 Å². The number of carbonyl (C=O) groups is 4. The molecule has 0 amide bonds. The fraction of sp³-hybridized carbons (Fsp3) is 0.786. The summed E-state index contributed by atoms with van der Waals surface area (Å²) in [5.41, 5.74) is -8.23. The third-order valence-corrected chi connectivity index (χ3v) is 12.9. The van der Waals surface area contributed by atoms with Gasteiger partial charge in [0.2, 0.25) is 5.79 Å². The number of aliphatic hydroxyl groups is 1. The van der Waals surface area contributed by atoms with Gasteiger partial charge in [-0.25, -0.2) is 4.79 Å². The van der Waals surface area contributed by atoms with E-state index in [4.69, 9.17) is 23.7 Å². The van der Waals surface area contributed by atoms with Gasteiger partial charge in [0.25, 0.3) is 0 Å². The van der Waals surface area contributed by atoms with Crippen molar-refractivity contribution in [2.24, 2.45) is 34.5 Å². The zero-order valence-corrected chi connectivity index (χ0v) is 21.5. The Kier molecular flexibility index (Phi) is 3.47. The average molecular weight is 527 g/mol. The third-order valence-electron chi connectivity index (χ3n) is 12.9. The number of hydrogen-bond acceptors (Lipinski definition) is 10. The van der Waals surface area contributed by atoms with Gasteiger partial charge in [-0.05, 0) is 63.4 Å². The number of rotatable bonds is 0. The van der Waals surface area contributed by atoms with E-state index in [9.17, 15) is 24.3 Å². The Hall–Kier alpha value is -2.14. The normalized spacial score (nSPS) is 64.1. The zero-order chi connectivity index (χ0) is 26.5. The van der Waals surface area contributed by atoms with Gasteiger partial charge in [-0.3, -0.25) is 14.4 Å². The van der Waals surface area contributed by atoms with Gasteiger partial charge < -0.3 is 28.8 Å². The predicted octanol–water partition coefficient (Wildman–Crippen LogP) is 0.768. The zero-order valence-electron chi connectivity index (χ0n) is 21.5. The second kappa shape index (κ2) is 5.82. The van der Waals surface area contributed by atoms with Crippen molar-refractivity contribution in [2.45, 2.75) is 93.3 Å². The highest BCUT2D eigenvalue weighted by atomic mass is 16.8. The number of ketones is 2. The number of ether oxygens (including phenoxy) is 5. The molecule has 6 aliphatic heterocycles. The van der Waals surface area contributed by atoms with E-state index < -0.39 is 80.7 Å². The minimum absolute atomic E-state index is 0.0583. The molecule has 6 saturated heterocycles. The molecule has 13 atom stereocenters. The quantitative estimate of drug-likeness (QED) is 0.356. The second-order valence-electron chi connectivity index (χ2n) is 13.8. The van der Waals surface area contributed by atoms with E-state index in [1.807, 2.05) is 19.9 Å². The Labute approximate surface area is 218 Å². The Morgan fingerprint density at radius 1 is 1.05 bits per heavy atom. The molecular weight excluding hydrogens is 496 g/mol. The number of allylic oxidation sites excluding steroid dienone is 1. The molecule has 6 heterocycles. The number of epoxide rings is 1. The molecule has 10 nitrogen and oxygen atoms in total. The van der Waals surface area contributed by atoms with Crippen molar-refractivity contribution >= 4 is 23.5 Å². The van der Waals surface area contributed by atoms with Gasteiger partial charge in [-0.15, -0.1) is 0 Å². The van der Waals surface area contributed by atoms with E-state index >= 15 is 0 Å². The number of hydrogen-bond donors (Lipinski definition) is 1. The topological polar surface area (TPSA) is 138 Å². The van der Waals surface area contributed by atoms with Crippen molar-refractivity contribution in [1.29, 1.82) is 0 Å². The van der Waals surface area contributed by atoms with Crippen LogP contribution in [0.25, 0.3) is 0 Å². The Bertz CT molecular complexity index is 1340. The monoisotopic (exact) mass is 526 g/mol. The van der Waals surface area contributed by atoms with E-state index in [1.54, 1.807) is 13.0 Å². The van der Waals surface area contributed by atoms with Crippen LogP contribution in [0.4, 0.5) is 0 Å². The number of esters is 2. The van der Waals surface area contributed by atoms with Gasteiger partial charge in [-0.2, -0.15) is 0 Å². The molecule has 3 spiro atoms. The molecule has 0 aromatic carbocycles. The van der Waals surface area contributed by atoms with Crippen molar-refractivity contribution in [3.8, 4) is 0 Å². The second-order valence-corrected chi connectivity index (χ2v) is 13.8. The molecule has 202 valence electrons. The van der Waals surface area contributed by atoms with E-state index in [0.717, 1.165) is 0 Å². The van der Waals surface area contributed by atoms with Crippen LogP contribution >= 0.6 is 0 Å². The lowest BCUT2D eigenvalue weighted by Gasteiger charge is -2.63. The van der Waals surface area contributed by atoms with E-state index in [0.29, 0.717) is 12.8 Å². The summed E-state index contributed by atoms with van der Waals surface area (Å²) in [7, 11) is 0. The number of carbonyl (C=O) groups excluding carboxylic acids is 4. The summed E-state index contributed by atoms with van der Waals surface area (Å²) in [5.74, 6) is -6.56. The Balaban J connectivity index is 1.34. The molecule has 8 fully saturated rings. The van der Waals surface area contributed by atoms with Crippen LogP contribution in [0.5, 0.6) is 0 Å². The highest BCUT2D eigenvalue weighted by molar-refractivity contribution is 6.00. The molecule has 0 radical (unpaired) electrons. The Morgan fingerprint density at radius 3 is 2.63 bits per heavy atom. The summed E-state index contributed by atoms with van der Waals surface area (Å²) < 4.78 is 31.5. The van der Waals surface area contributed by atoms with Gasteiger partial charge in [-0.1, -0.05) is 13.0 Å². The van der Waals surface area contributed by atoms with Gasteiger partial charge in [0.05, 0.1) is 30.0 Å². The molecule has 9 rings (SSSR count). The van der Waals surface area contributed by atoms with Gasteiger partial charge in [0, 0.05) is 5.92 Å². The maximum absolute atomic E-state index is 14.9. The summed E-state index contributed by atoms with van der Waals surface area (Å²) in [4.78, 5) is 55.6. The molecule has 5 bridgehead atoms. The third kappa shape index (κ3) is 1.79. The largest absolute Gasteiger partial charge is 0.458 e. The standard InChI is InChI=1S/C28H30O10/c1-22-10-17-24(3)28-18(22)19(30)27(38-28,34-11-14(22)20(31)35-17)13-9-16-26(36-16)7-4-5-15(29)23(26,2)12(13)6-8-25(28,33)21(32)37-24/h4-5,12-14,16-18,33H,6-11H2,1-3H3/t12?,13?,14-,16-,17-,18-,22+,23-,24?,25?,26+,27?,28?/m0/s1. The Morgan fingerprint density at radius 2 is 1.84 bits per heavy atom. The summed E-state index contributed by atoms with van der Waals surface area (Å²) in [6.45, 7) is 5.27. The summed E-state index contributed by atoms with van der Waals surface area (Å²) in [6.07, 6.45) is 3.82. The lowest BCUT2D eigenvalue weighted by molar-refractivity contribution is -0.375. The maximum atomic E-state index is 14.9. The first-order chi connectivity index (χ1) is 17.9. The minimum atomic E-state index is -2.19. The van der Waals surface area contributed by atoms with Crippen molar-refractivity contribution in [3.63, 3.8) is 0 Å². The smallest absolute Gasteiger partial charge is 0.342 e. The molecule has 0 aromatic rings. The molecule has 3 aliphatic carbocycles. The van der Waals surface area contributed by atoms with Crippen LogP contribution < -0.4 is 0 Å². The van der Waals surface area contributed by atoms with Crippen molar-refractivity contribution < 1.29 is 48.0 Å². The molecule has 10 heteroatoms. The molecule has 1 N–H and O–H groups in total. The van der Waals surface area contributed by atoms with E-state index in [-0.39, 0.29) is 43.5 Å². The van der Waals surface area contributed by atoms with Gasteiger partial charge in [0.1, 0.15) is 11.7 Å². The molecule has 2 saturated carbocycles.